The Morgan fingerprint density at radius 3 is 2.31 bits per heavy atom. The molecule has 0 aromatic carbocycles. The van der Waals surface area contributed by atoms with Crippen molar-refractivity contribution >= 4 is 17.9 Å². The quantitative estimate of drug-likeness (QED) is 0.513. The maximum Gasteiger partial charge on any atom is 1.00 e. The SMILES string of the molecule is C=C(C)C(=O)OCC/C(=C/C(=O)O)C(=O)O.[H+]. The minimum atomic E-state index is -1.36. The molecule has 0 aliphatic rings. The lowest BCUT2D eigenvalue weighted by molar-refractivity contribution is -0.140. The third kappa shape index (κ3) is 5.58. The number of aliphatic carboxylic acids is 2. The lowest BCUT2D eigenvalue weighted by Crippen LogP contribution is -2.11. The van der Waals surface area contributed by atoms with Crippen LogP contribution >= 0.6 is 0 Å². The number of hydrogen-bond donors (Lipinski definition) is 2. The van der Waals surface area contributed by atoms with Crippen LogP contribution in [0.15, 0.2) is 23.8 Å². The Kier molecular flexibility index (Phi) is 5.55. The Balaban J connectivity index is 0. The van der Waals surface area contributed by atoms with E-state index in [1.54, 1.807) is 0 Å². The molecule has 2 N–H and O–H groups in total. The largest absolute Gasteiger partial charge is 1.00 e. The summed E-state index contributed by atoms with van der Waals surface area (Å²) in [5, 5.41) is 17.0. The monoisotopic (exact) mass is 229 g/mol. The van der Waals surface area contributed by atoms with Crippen molar-refractivity contribution in [2.75, 3.05) is 6.61 Å². The van der Waals surface area contributed by atoms with Crippen molar-refractivity contribution in [2.45, 2.75) is 13.3 Å². The average molecular weight is 229 g/mol. The van der Waals surface area contributed by atoms with Crippen molar-refractivity contribution in [2.24, 2.45) is 0 Å². The van der Waals surface area contributed by atoms with Gasteiger partial charge in [-0.15, -0.1) is 0 Å². The van der Waals surface area contributed by atoms with E-state index in [2.05, 4.69) is 11.3 Å². The van der Waals surface area contributed by atoms with E-state index in [4.69, 9.17) is 10.2 Å². The summed E-state index contributed by atoms with van der Waals surface area (Å²) >= 11 is 0. The van der Waals surface area contributed by atoms with E-state index in [1.807, 2.05) is 0 Å². The first-order valence-electron chi connectivity index (χ1n) is 4.34. The molecule has 0 atom stereocenters. The molecule has 0 unspecified atom stereocenters. The van der Waals surface area contributed by atoms with Crippen LogP contribution in [-0.2, 0) is 19.1 Å². The number of carbonyl (C=O) groups excluding carboxylic acids is 1. The molecule has 6 heteroatoms. The summed E-state index contributed by atoms with van der Waals surface area (Å²) in [4.78, 5) is 31.7. The van der Waals surface area contributed by atoms with Gasteiger partial charge in [-0.1, -0.05) is 6.58 Å². The van der Waals surface area contributed by atoms with Crippen LogP contribution in [0, 0.1) is 0 Å². The highest BCUT2D eigenvalue weighted by Gasteiger charge is 2.11. The number of ether oxygens (including phenoxy) is 1. The molecule has 0 saturated carbocycles. The fourth-order valence-electron chi connectivity index (χ4n) is 0.767. The standard InChI is InChI=1S/C10H12O6/c1-6(2)10(15)16-4-3-7(9(13)14)5-8(11)12/h5H,1,3-4H2,2H3,(H,11,12)(H,13,14)/p+1/b7-5-. The van der Waals surface area contributed by atoms with Crippen molar-refractivity contribution < 1.29 is 30.8 Å². The zero-order chi connectivity index (χ0) is 12.7. The van der Waals surface area contributed by atoms with Crippen LogP contribution in [0.4, 0.5) is 0 Å². The number of esters is 1. The first-order chi connectivity index (χ1) is 7.34. The molecule has 0 bridgehead atoms. The van der Waals surface area contributed by atoms with Gasteiger partial charge in [0.15, 0.2) is 0 Å². The second-order valence-electron chi connectivity index (χ2n) is 2.98. The average Bonchev–Trinajstić information content (AvgIpc) is 2.14. The van der Waals surface area contributed by atoms with Gasteiger partial charge < -0.3 is 14.9 Å². The van der Waals surface area contributed by atoms with Gasteiger partial charge in [0, 0.05) is 23.6 Å². The zero-order valence-electron chi connectivity index (χ0n) is 9.73. The first kappa shape index (κ1) is 13.9. The number of carbonyl (C=O) groups is 3. The molecule has 0 aromatic heterocycles. The third-order valence-corrected chi connectivity index (χ3v) is 1.53. The predicted octanol–water partition coefficient (Wildman–Crippen LogP) is 0.704. The number of hydrogen-bond acceptors (Lipinski definition) is 4. The number of carboxylic acid groups (broad SMARTS) is 2. The predicted molar refractivity (Wildman–Crippen MR) is 54.9 cm³/mol. The van der Waals surface area contributed by atoms with Crippen LogP contribution in [0.2, 0.25) is 0 Å². The van der Waals surface area contributed by atoms with Crippen molar-refractivity contribution in [1.82, 2.24) is 0 Å². The van der Waals surface area contributed by atoms with Crippen LogP contribution in [-0.4, -0.2) is 34.7 Å². The lowest BCUT2D eigenvalue weighted by Gasteiger charge is -2.04. The molecule has 0 radical (unpaired) electrons. The smallest absolute Gasteiger partial charge is 0.478 e. The van der Waals surface area contributed by atoms with Crippen LogP contribution in [0.25, 0.3) is 0 Å². The van der Waals surface area contributed by atoms with E-state index < -0.39 is 17.9 Å². The van der Waals surface area contributed by atoms with Crippen molar-refractivity contribution in [1.29, 1.82) is 0 Å². The van der Waals surface area contributed by atoms with Gasteiger partial charge in [-0.2, -0.15) is 0 Å². The number of carboxylic acids is 2. The van der Waals surface area contributed by atoms with E-state index in [-0.39, 0.29) is 25.6 Å². The summed E-state index contributed by atoms with van der Waals surface area (Å²) < 4.78 is 4.63. The summed E-state index contributed by atoms with van der Waals surface area (Å²) in [6.07, 6.45) is 0.400. The van der Waals surface area contributed by atoms with Crippen LogP contribution in [0.1, 0.15) is 14.8 Å². The normalized spacial score (nSPS) is 10.7. The van der Waals surface area contributed by atoms with Gasteiger partial charge in [0.05, 0.1) is 6.61 Å². The van der Waals surface area contributed by atoms with Crippen molar-refractivity contribution in [3.63, 3.8) is 0 Å². The molecular formula is C10H13O6+. The van der Waals surface area contributed by atoms with Crippen LogP contribution < -0.4 is 0 Å². The topological polar surface area (TPSA) is 101 Å². The van der Waals surface area contributed by atoms with Crippen LogP contribution in [0.3, 0.4) is 0 Å². The van der Waals surface area contributed by atoms with Gasteiger partial charge in [0.25, 0.3) is 0 Å². The van der Waals surface area contributed by atoms with Crippen molar-refractivity contribution in [3.8, 4) is 0 Å². The zero-order valence-corrected chi connectivity index (χ0v) is 8.73. The molecule has 0 aliphatic heterocycles. The van der Waals surface area contributed by atoms with Gasteiger partial charge in [0.2, 0.25) is 0 Å². The summed E-state index contributed by atoms with van der Waals surface area (Å²) in [5.41, 5.74) is -0.138. The van der Waals surface area contributed by atoms with Crippen molar-refractivity contribution in [3.05, 3.63) is 23.8 Å². The Hall–Kier alpha value is -2.11. The third-order valence-electron chi connectivity index (χ3n) is 1.53. The fourth-order valence-corrected chi connectivity index (χ4v) is 0.767. The maximum atomic E-state index is 10.9. The van der Waals surface area contributed by atoms with E-state index >= 15 is 0 Å². The Bertz CT molecular complexity index is 358. The van der Waals surface area contributed by atoms with Gasteiger partial charge >= 0.3 is 19.3 Å². The molecule has 0 aliphatic carbocycles. The van der Waals surface area contributed by atoms with Gasteiger partial charge in [-0.3, -0.25) is 0 Å². The summed E-state index contributed by atoms with van der Waals surface area (Å²) in [5.74, 6) is -3.35. The highest BCUT2D eigenvalue weighted by atomic mass is 16.5. The highest BCUT2D eigenvalue weighted by Crippen LogP contribution is 2.03. The van der Waals surface area contributed by atoms with E-state index in [0.29, 0.717) is 6.08 Å². The van der Waals surface area contributed by atoms with Gasteiger partial charge in [-0.05, 0) is 6.92 Å². The summed E-state index contributed by atoms with van der Waals surface area (Å²) in [6.45, 7) is 4.59. The maximum absolute atomic E-state index is 10.9. The van der Waals surface area contributed by atoms with Gasteiger partial charge in [0.1, 0.15) is 0 Å². The molecule has 0 rings (SSSR count). The molecule has 88 valence electrons. The summed E-state index contributed by atoms with van der Waals surface area (Å²) in [7, 11) is 0. The molecular weight excluding hydrogens is 216 g/mol. The van der Waals surface area contributed by atoms with Crippen LogP contribution in [0.5, 0.6) is 0 Å². The Morgan fingerprint density at radius 2 is 1.94 bits per heavy atom. The number of rotatable bonds is 6. The minimum absolute atomic E-state index is 0. The van der Waals surface area contributed by atoms with E-state index in [9.17, 15) is 14.4 Å². The second kappa shape index (κ2) is 6.39. The molecule has 0 aromatic rings. The Morgan fingerprint density at radius 1 is 1.38 bits per heavy atom. The second-order valence-corrected chi connectivity index (χ2v) is 2.98. The molecule has 0 saturated heterocycles. The highest BCUT2D eigenvalue weighted by molar-refractivity contribution is 5.94. The van der Waals surface area contributed by atoms with E-state index in [0.717, 1.165) is 0 Å². The molecule has 0 spiro atoms. The first-order valence-corrected chi connectivity index (χ1v) is 4.34. The fraction of sp³-hybridized carbons (Fsp3) is 0.300. The van der Waals surface area contributed by atoms with E-state index in [1.165, 1.54) is 6.92 Å². The molecule has 16 heavy (non-hydrogen) atoms. The lowest BCUT2D eigenvalue weighted by atomic mass is 10.2. The molecule has 0 amide bonds. The van der Waals surface area contributed by atoms with Gasteiger partial charge in [-0.25, -0.2) is 14.4 Å². The minimum Gasteiger partial charge on any atom is -0.478 e. The molecule has 6 nitrogen and oxygen atoms in total. The Labute approximate surface area is 93.3 Å². The summed E-state index contributed by atoms with van der Waals surface area (Å²) in [6, 6.07) is 0. The molecule has 0 fully saturated rings. The molecule has 0 heterocycles.